The van der Waals surface area contributed by atoms with Crippen LogP contribution in [0.5, 0.6) is 0 Å². The Labute approximate surface area is 205 Å². The van der Waals surface area contributed by atoms with Gasteiger partial charge in [0.1, 0.15) is 18.3 Å². The van der Waals surface area contributed by atoms with Crippen LogP contribution >= 0.6 is 0 Å². The lowest BCUT2D eigenvalue weighted by Crippen LogP contribution is -2.76. The third-order valence-electron chi connectivity index (χ3n) is 9.32. The van der Waals surface area contributed by atoms with E-state index in [1.54, 1.807) is 20.8 Å². The lowest BCUT2D eigenvalue weighted by molar-refractivity contribution is -0.306. The molecule has 9 nitrogen and oxygen atoms in total. The van der Waals surface area contributed by atoms with Crippen LogP contribution in [0.15, 0.2) is 12.2 Å². The second-order valence-electron chi connectivity index (χ2n) is 11.8. The molecule has 1 spiro atoms. The molecule has 2 unspecified atom stereocenters. The number of carbonyl (C=O) groups excluding carboxylic acids is 4. The Balaban J connectivity index is 1.94. The van der Waals surface area contributed by atoms with E-state index < -0.39 is 76.5 Å². The molecule has 0 aromatic heterocycles. The number of ether oxygens (including phenoxy) is 3. The first kappa shape index (κ1) is 25.8. The molecular weight excluding hydrogens is 456 g/mol. The molecule has 194 valence electrons. The van der Waals surface area contributed by atoms with E-state index in [0.717, 1.165) is 0 Å². The molecule has 0 heterocycles. The molecule has 0 saturated heterocycles. The highest BCUT2D eigenvalue weighted by Crippen LogP contribution is 2.71. The fraction of sp³-hybridized carbons (Fsp3) is 0.769. The average Bonchev–Trinajstić information content (AvgIpc) is 2.88. The first-order valence-corrected chi connectivity index (χ1v) is 12.2. The van der Waals surface area contributed by atoms with Crippen molar-refractivity contribution in [3.63, 3.8) is 0 Å². The summed E-state index contributed by atoms with van der Waals surface area (Å²) in [4.78, 5) is 49.9. The van der Waals surface area contributed by atoms with Gasteiger partial charge in [-0.3, -0.25) is 19.2 Å². The summed E-state index contributed by atoms with van der Waals surface area (Å²) < 4.78 is 17.0. The van der Waals surface area contributed by atoms with Gasteiger partial charge in [0.05, 0.1) is 6.10 Å². The molecule has 0 aromatic carbocycles. The number of hydrogen-bond acceptors (Lipinski definition) is 9. The van der Waals surface area contributed by atoms with Crippen LogP contribution in [-0.4, -0.2) is 64.4 Å². The van der Waals surface area contributed by atoms with E-state index in [-0.39, 0.29) is 18.1 Å². The van der Waals surface area contributed by atoms with E-state index in [2.05, 4.69) is 6.58 Å². The number of rotatable bonds is 3. The van der Waals surface area contributed by atoms with Crippen molar-refractivity contribution in [2.45, 2.75) is 91.3 Å². The smallest absolute Gasteiger partial charge is 0.303 e. The maximum absolute atomic E-state index is 13.7. The van der Waals surface area contributed by atoms with Gasteiger partial charge in [0.25, 0.3) is 0 Å². The van der Waals surface area contributed by atoms with Crippen molar-refractivity contribution in [3.8, 4) is 0 Å². The minimum absolute atomic E-state index is 0.116. The fourth-order valence-corrected chi connectivity index (χ4v) is 8.65. The summed E-state index contributed by atoms with van der Waals surface area (Å²) in [6.45, 7) is 13.1. The summed E-state index contributed by atoms with van der Waals surface area (Å²) in [6, 6.07) is 0. The molecule has 2 N–H and O–H groups in total. The summed E-state index contributed by atoms with van der Waals surface area (Å²) in [5.41, 5.74) is -2.82. The Hall–Kier alpha value is -2.26. The van der Waals surface area contributed by atoms with E-state index >= 15 is 0 Å². The van der Waals surface area contributed by atoms with Gasteiger partial charge in [0, 0.05) is 48.9 Å². The SMILES string of the molecule is C=C1C(=O)[C@]23C[C@H]1C[C@H](OC(C)=O)[C@H]2C1(C)C(O)[C@H](OC(C)=O)[C@H](OC(C)=O)C(C)(C)[C@H]1[C@@H](O)C3. The predicted molar refractivity (Wildman–Crippen MR) is 121 cm³/mol. The van der Waals surface area contributed by atoms with E-state index in [4.69, 9.17) is 14.2 Å². The van der Waals surface area contributed by atoms with Gasteiger partial charge in [0.15, 0.2) is 11.9 Å². The zero-order chi connectivity index (χ0) is 26.2. The number of esters is 3. The quantitative estimate of drug-likeness (QED) is 0.343. The van der Waals surface area contributed by atoms with Gasteiger partial charge in [-0.1, -0.05) is 27.4 Å². The van der Waals surface area contributed by atoms with Crippen LogP contribution in [-0.2, 0) is 33.4 Å². The maximum Gasteiger partial charge on any atom is 0.303 e. The molecule has 0 radical (unpaired) electrons. The van der Waals surface area contributed by atoms with Crippen molar-refractivity contribution in [2.24, 2.45) is 34.0 Å². The van der Waals surface area contributed by atoms with E-state index in [0.29, 0.717) is 18.4 Å². The van der Waals surface area contributed by atoms with Crippen molar-refractivity contribution in [2.75, 3.05) is 0 Å². The Morgan fingerprint density at radius 1 is 0.914 bits per heavy atom. The number of aliphatic hydroxyl groups is 2. The Kier molecular flexibility index (Phi) is 6.00. The largest absolute Gasteiger partial charge is 0.462 e. The zero-order valence-corrected chi connectivity index (χ0v) is 21.2. The van der Waals surface area contributed by atoms with Gasteiger partial charge in [0.2, 0.25) is 0 Å². The van der Waals surface area contributed by atoms with Crippen LogP contribution in [0, 0.1) is 34.0 Å². The topological polar surface area (TPSA) is 136 Å². The number of carbonyl (C=O) groups is 4. The van der Waals surface area contributed by atoms with Crippen LogP contribution in [0.4, 0.5) is 0 Å². The molecule has 4 aliphatic rings. The Morgan fingerprint density at radius 3 is 2.03 bits per heavy atom. The number of allylic oxidation sites excluding steroid dienone is 1. The van der Waals surface area contributed by atoms with Crippen molar-refractivity contribution < 1.29 is 43.6 Å². The Morgan fingerprint density at radius 2 is 1.49 bits per heavy atom. The second kappa shape index (κ2) is 8.13. The lowest BCUT2D eigenvalue weighted by atomic mass is 9.38. The molecule has 9 heteroatoms. The number of ketones is 1. The van der Waals surface area contributed by atoms with Gasteiger partial charge in [-0.25, -0.2) is 0 Å². The molecular formula is C26H36O9. The highest BCUT2D eigenvalue weighted by molar-refractivity contribution is 6.03. The first-order valence-electron chi connectivity index (χ1n) is 12.2. The number of fused-ring (bicyclic) bond motifs is 3. The summed E-state index contributed by atoms with van der Waals surface area (Å²) in [6.07, 6.45) is -4.50. The van der Waals surface area contributed by atoms with E-state index in [1.165, 1.54) is 20.8 Å². The van der Waals surface area contributed by atoms with Gasteiger partial charge >= 0.3 is 17.9 Å². The Bertz CT molecular complexity index is 985. The highest BCUT2D eigenvalue weighted by atomic mass is 16.6. The molecule has 4 rings (SSSR count). The molecule has 2 bridgehead atoms. The average molecular weight is 493 g/mol. The molecule has 4 saturated carbocycles. The fourth-order valence-electron chi connectivity index (χ4n) is 8.65. The molecule has 0 aromatic rings. The minimum Gasteiger partial charge on any atom is -0.462 e. The normalized spacial score (nSPS) is 45.7. The third kappa shape index (κ3) is 3.49. The van der Waals surface area contributed by atoms with Gasteiger partial charge < -0.3 is 24.4 Å². The molecule has 0 amide bonds. The van der Waals surface area contributed by atoms with Gasteiger partial charge in [-0.2, -0.15) is 0 Å². The van der Waals surface area contributed by atoms with Crippen LogP contribution in [0.25, 0.3) is 0 Å². The number of hydrogen-bond donors (Lipinski definition) is 2. The lowest BCUT2D eigenvalue weighted by Gasteiger charge is -2.68. The molecule has 4 aliphatic carbocycles. The summed E-state index contributed by atoms with van der Waals surface area (Å²) >= 11 is 0. The van der Waals surface area contributed by atoms with Gasteiger partial charge in [-0.05, 0) is 30.8 Å². The third-order valence-corrected chi connectivity index (χ3v) is 9.32. The predicted octanol–water partition coefficient (Wildman–Crippen LogP) is 1.72. The van der Waals surface area contributed by atoms with Crippen LogP contribution in [0.2, 0.25) is 0 Å². The first-order chi connectivity index (χ1) is 16.1. The highest BCUT2D eigenvalue weighted by Gasteiger charge is 2.77. The standard InChI is InChI=1S/C26H36O9/c1-11-15-8-17(33-12(2)27)20-25(7)19(16(30)10-26(20,9-15)21(11)31)24(5,6)23(35-14(4)29)18(22(25)32)34-13(3)28/h15-20,22-23,30,32H,1,8-10H2,2-7H3/t15-,16+,17+,18+,19-,20+,22?,23+,25?,26+/m1/s1. The van der Waals surface area contributed by atoms with E-state index in [1.807, 2.05) is 0 Å². The monoisotopic (exact) mass is 492 g/mol. The molecule has 0 aliphatic heterocycles. The van der Waals surface area contributed by atoms with E-state index in [9.17, 15) is 29.4 Å². The molecule has 10 atom stereocenters. The van der Waals surface area contributed by atoms with Crippen molar-refractivity contribution in [3.05, 3.63) is 12.2 Å². The number of aliphatic hydroxyl groups excluding tert-OH is 2. The van der Waals surface area contributed by atoms with Crippen LogP contribution in [0.1, 0.15) is 60.8 Å². The molecule has 4 fully saturated rings. The van der Waals surface area contributed by atoms with Crippen molar-refractivity contribution in [1.82, 2.24) is 0 Å². The zero-order valence-electron chi connectivity index (χ0n) is 21.2. The maximum atomic E-state index is 13.7. The van der Waals surface area contributed by atoms with Crippen LogP contribution in [0.3, 0.4) is 0 Å². The summed E-state index contributed by atoms with van der Waals surface area (Å²) in [5, 5.41) is 23.5. The van der Waals surface area contributed by atoms with Crippen molar-refractivity contribution in [1.29, 1.82) is 0 Å². The van der Waals surface area contributed by atoms with Gasteiger partial charge in [-0.15, -0.1) is 0 Å². The number of Topliss-reactive ketones (excluding diaryl/α,β-unsaturated/α-hetero) is 1. The second-order valence-corrected chi connectivity index (χ2v) is 11.8. The van der Waals surface area contributed by atoms with Crippen molar-refractivity contribution >= 4 is 23.7 Å². The summed E-state index contributed by atoms with van der Waals surface area (Å²) in [7, 11) is 0. The summed E-state index contributed by atoms with van der Waals surface area (Å²) in [5.74, 6) is -3.47. The van der Waals surface area contributed by atoms with Crippen LogP contribution < -0.4 is 0 Å². The molecule has 35 heavy (non-hydrogen) atoms. The minimum atomic E-state index is -1.41.